The number of carbonyl (C=O) groups is 2. The highest BCUT2D eigenvalue weighted by molar-refractivity contribution is 6.07. The van der Waals surface area contributed by atoms with Crippen LogP contribution in [0.1, 0.15) is 25.7 Å². The van der Waals surface area contributed by atoms with E-state index in [1.165, 1.54) is 0 Å². The number of hydrogen-bond donors (Lipinski definition) is 2. The van der Waals surface area contributed by atoms with E-state index in [4.69, 9.17) is 9.47 Å². The van der Waals surface area contributed by atoms with Crippen molar-refractivity contribution in [3.05, 3.63) is 24.3 Å². The molecule has 24 heavy (non-hydrogen) atoms. The Labute approximate surface area is 140 Å². The van der Waals surface area contributed by atoms with Crippen LogP contribution in [0.4, 0.5) is 4.79 Å². The summed E-state index contributed by atoms with van der Waals surface area (Å²) in [6, 6.07) is 6.54. The summed E-state index contributed by atoms with van der Waals surface area (Å²) in [6.07, 6.45) is 2.27. The Bertz CT molecular complexity index is 610. The van der Waals surface area contributed by atoms with Crippen LogP contribution in [0.3, 0.4) is 0 Å². The van der Waals surface area contributed by atoms with Gasteiger partial charge >= 0.3 is 6.03 Å². The number of benzene rings is 1. The number of amides is 3. The average molecular weight is 334 g/mol. The van der Waals surface area contributed by atoms with E-state index >= 15 is 0 Å². The average Bonchev–Trinajstić information content (AvgIpc) is 3.14. The van der Waals surface area contributed by atoms with Crippen LogP contribution >= 0.6 is 0 Å². The lowest BCUT2D eigenvalue weighted by molar-refractivity contribution is -0.132. The van der Waals surface area contributed by atoms with Crippen molar-refractivity contribution in [3.8, 4) is 11.5 Å². The molecular formula is C17H22N2O5. The molecule has 7 heteroatoms. The highest BCUT2D eigenvalue weighted by Gasteiger charge is 2.52. The summed E-state index contributed by atoms with van der Waals surface area (Å²) in [4.78, 5) is 25.7. The molecular weight excluding hydrogens is 312 g/mol. The molecule has 7 nitrogen and oxygen atoms in total. The third-order valence-electron chi connectivity index (χ3n) is 4.60. The van der Waals surface area contributed by atoms with Gasteiger partial charge < -0.3 is 19.9 Å². The number of β-amino-alcohol motifs (C(OH)–C–C–N with tert-alkyl or cyclic N) is 1. The van der Waals surface area contributed by atoms with Gasteiger partial charge in [-0.1, -0.05) is 12.8 Å². The van der Waals surface area contributed by atoms with Crippen LogP contribution in [0, 0.1) is 0 Å². The van der Waals surface area contributed by atoms with E-state index in [1.807, 2.05) is 0 Å². The molecule has 1 aliphatic carbocycles. The molecule has 0 unspecified atom stereocenters. The first-order valence-corrected chi connectivity index (χ1v) is 8.13. The van der Waals surface area contributed by atoms with Crippen molar-refractivity contribution in [1.82, 2.24) is 10.2 Å². The van der Waals surface area contributed by atoms with E-state index in [2.05, 4.69) is 5.32 Å². The van der Waals surface area contributed by atoms with E-state index in [-0.39, 0.29) is 19.1 Å². The quantitative estimate of drug-likeness (QED) is 0.766. The molecule has 0 radical (unpaired) electrons. The van der Waals surface area contributed by atoms with Crippen LogP contribution in [0.15, 0.2) is 24.3 Å². The number of carbonyl (C=O) groups excluding carboxylic acids is 2. The fourth-order valence-electron chi connectivity index (χ4n) is 3.29. The molecule has 130 valence electrons. The number of nitrogens with zero attached hydrogens (tertiary/aromatic N) is 1. The molecule has 1 heterocycles. The lowest BCUT2D eigenvalue weighted by Crippen LogP contribution is -2.45. The molecule has 2 N–H and O–H groups in total. The molecule has 1 saturated heterocycles. The van der Waals surface area contributed by atoms with Gasteiger partial charge in [0.2, 0.25) is 0 Å². The lowest BCUT2D eigenvalue weighted by Gasteiger charge is -2.21. The van der Waals surface area contributed by atoms with Gasteiger partial charge in [0.15, 0.2) is 0 Å². The molecule has 0 aromatic heterocycles. The monoisotopic (exact) mass is 334 g/mol. The van der Waals surface area contributed by atoms with Crippen molar-refractivity contribution >= 4 is 11.9 Å². The zero-order chi connectivity index (χ0) is 17.2. The lowest BCUT2D eigenvalue weighted by atomic mass is 9.98. The second-order valence-corrected chi connectivity index (χ2v) is 6.28. The minimum Gasteiger partial charge on any atom is -0.497 e. The SMILES string of the molecule is COc1ccc(OC[C@H](O)CN2C(=O)NC3(CCCC3)C2=O)cc1. The van der Waals surface area contributed by atoms with Crippen LogP contribution in [0.2, 0.25) is 0 Å². The van der Waals surface area contributed by atoms with Crippen molar-refractivity contribution < 1.29 is 24.2 Å². The van der Waals surface area contributed by atoms with Crippen LogP contribution in [-0.2, 0) is 4.79 Å². The molecule has 1 aromatic rings. The summed E-state index contributed by atoms with van der Waals surface area (Å²) in [5, 5.41) is 12.9. The molecule has 1 saturated carbocycles. The summed E-state index contributed by atoms with van der Waals surface area (Å²) >= 11 is 0. The normalized spacial score (nSPS) is 20.3. The van der Waals surface area contributed by atoms with Crippen molar-refractivity contribution in [3.63, 3.8) is 0 Å². The van der Waals surface area contributed by atoms with Crippen molar-refractivity contribution in [1.29, 1.82) is 0 Å². The van der Waals surface area contributed by atoms with E-state index in [9.17, 15) is 14.7 Å². The maximum atomic E-state index is 12.5. The molecule has 1 spiro atoms. The fourth-order valence-corrected chi connectivity index (χ4v) is 3.29. The van der Waals surface area contributed by atoms with Gasteiger partial charge in [0.05, 0.1) is 13.7 Å². The van der Waals surface area contributed by atoms with Gasteiger partial charge in [-0.05, 0) is 37.1 Å². The Morgan fingerprint density at radius 3 is 2.46 bits per heavy atom. The van der Waals surface area contributed by atoms with E-state index < -0.39 is 17.7 Å². The summed E-state index contributed by atoms with van der Waals surface area (Å²) < 4.78 is 10.5. The zero-order valence-electron chi connectivity index (χ0n) is 13.7. The van der Waals surface area contributed by atoms with Gasteiger partial charge in [-0.25, -0.2) is 4.79 Å². The van der Waals surface area contributed by atoms with Crippen molar-refractivity contribution in [2.24, 2.45) is 0 Å². The Balaban J connectivity index is 1.53. The van der Waals surface area contributed by atoms with Gasteiger partial charge in [0.25, 0.3) is 5.91 Å². The largest absolute Gasteiger partial charge is 0.497 e. The topological polar surface area (TPSA) is 88.1 Å². The number of aliphatic hydroxyl groups excluding tert-OH is 1. The Morgan fingerprint density at radius 1 is 1.21 bits per heavy atom. The summed E-state index contributed by atoms with van der Waals surface area (Å²) in [6.45, 7) is -0.0705. The summed E-state index contributed by atoms with van der Waals surface area (Å²) in [5.74, 6) is 1.07. The molecule has 1 aliphatic heterocycles. The van der Waals surface area contributed by atoms with E-state index in [0.717, 1.165) is 17.7 Å². The van der Waals surface area contributed by atoms with E-state index in [0.29, 0.717) is 24.3 Å². The fraction of sp³-hybridized carbons (Fsp3) is 0.529. The molecule has 0 bridgehead atoms. The number of imide groups is 1. The molecule has 3 amide bonds. The number of methoxy groups -OCH3 is 1. The van der Waals surface area contributed by atoms with Gasteiger partial charge in [0.1, 0.15) is 29.7 Å². The standard InChI is InChI=1S/C17H22N2O5/c1-23-13-4-6-14(7-5-13)24-11-12(20)10-19-15(21)17(18-16(19)22)8-2-3-9-17/h4-7,12,20H,2-3,8-11H2,1H3,(H,18,22)/t12-/m1/s1. The minimum atomic E-state index is -0.946. The van der Waals surface area contributed by atoms with Crippen molar-refractivity contribution in [2.75, 3.05) is 20.3 Å². The number of nitrogens with one attached hydrogen (secondary N) is 1. The second kappa shape index (κ2) is 6.68. The highest BCUT2D eigenvalue weighted by Crippen LogP contribution is 2.35. The highest BCUT2D eigenvalue weighted by atomic mass is 16.5. The first kappa shape index (κ1) is 16.6. The molecule has 1 atom stereocenters. The van der Waals surface area contributed by atoms with Crippen LogP contribution in [0.25, 0.3) is 0 Å². The number of rotatable bonds is 6. The van der Waals surface area contributed by atoms with Crippen LogP contribution < -0.4 is 14.8 Å². The van der Waals surface area contributed by atoms with Gasteiger partial charge in [-0.3, -0.25) is 9.69 Å². The molecule has 1 aromatic carbocycles. The number of ether oxygens (including phenoxy) is 2. The van der Waals surface area contributed by atoms with Crippen LogP contribution in [0.5, 0.6) is 11.5 Å². The van der Waals surface area contributed by atoms with E-state index in [1.54, 1.807) is 31.4 Å². The molecule has 3 rings (SSSR count). The van der Waals surface area contributed by atoms with Gasteiger partial charge in [0, 0.05) is 0 Å². The smallest absolute Gasteiger partial charge is 0.325 e. The first-order chi connectivity index (χ1) is 11.5. The Hall–Kier alpha value is -2.28. The second-order valence-electron chi connectivity index (χ2n) is 6.28. The summed E-state index contributed by atoms with van der Waals surface area (Å²) in [5.41, 5.74) is -0.742. The van der Waals surface area contributed by atoms with Gasteiger partial charge in [-0.15, -0.1) is 0 Å². The number of aliphatic hydroxyl groups is 1. The van der Waals surface area contributed by atoms with Crippen LogP contribution in [-0.4, -0.2) is 53.8 Å². The zero-order valence-corrected chi connectivity index (χ0v) is 13.7. The minimum absolute atomic E-state index is 0.00358. The third kappa shape index (κ3) is 3.17. The summed E-state index contributed by atoms with van der Waals surface area (Å²) in [7, 11) is 1.58. The van der Waals surface area contributed by atoms with Gasteiger partial charge in [-0.2, -0.15) is 0 Å². The maximum absolute atomic E-state index is 12.5. The van der Waals surface area contributed by atoms with Crippen molar-refractivity contribution in [2.45, 2.75) is 37.3 Å². The number of hydrogen-bond acceptors (Lipinski definition) is 5. The Kier molecular flexibility index (Phi) is 4.62. The Morgan fingerprint density at radius 2 is 1.83 bits per heavy atom. The first-order valence-electron chi connectivity index (χ1n) is 8.13. The third-order valence-corrected chi connectivity index (χ3v) is 4.60. The maximum Gasteiger partial charge on any atom is 0.325 e. The predicted molar refractivity (Wildman–Crippen MR) is 85.9 cm³/mol. The number of urea groups is 1. The predicted octanol–water partition coefficient (Wildman–Crippen LogP) is 1.30. The molecule has 2 fully saturated rings. The molecule has 2 aliphatic rings.